The summed E-state index contributed by atoms with van der Waals surface area (Å²) in [7, 11) is 0. The molecular weight excluding hydrogens is 274 g/mol. The van der Waals surface area contributed by atoms with E-state index in [4.69, 9.17) is 16.3 Å². The van der Waals surface area contributed by atoms with E-state index in [2.05, 4.69) is 17.0 Å². The van der Waals surface area contributed by atoms with Gasteiger partial charge in [0.05, 0.1) is 6.61 Å². The van der Waals surface area contributed by atoms with Crippen LogP contribution in [0.15, 0.2) is 24.3 Å². The predicted octanol–water partition coefficient (Wildman–Crippen LogP) is 3.51. The molecule has 1 aromatic carbocycles. The van der Waals surface area contributed by atoms with Crippen molar-refractivity contribution in [1.82, 2.24) is 4.90 Å². The average molecular weight is 296 g/mol. The lowest BCUT2D eigenvalue weighted by molar-refractivity contribution is -0.144. The first-order valence-electron chi connectivity index (χ1n) is 7.29. The third-order valence-corrected chi connectivity index (χ3v) is 4.04. The van der Waals surface area contributed by atoms with E-state index in [9.17, 15) is 4.79 Å². The number of rotatable bonds is 5. The van der Waals surface area contributed by atoms with Crippen LogP contribution >= 0.6 is 11.6 Å². The Kier molecular flexibility index (Phi) is 5.86. The van der Waals surface area contributed by atoms with Gasteiger partial charge < -0.3 is 4.74 Å². The molecule has 0 amide bonds. The number of hydrogen-bond donors (Lipinski definition) is 0. The molecule has 1 fully saturated rings. The number of halogens is 1. The second-order valence-electron chi connectivity index (χ2n) is 5.36. The highest BCUT2D eigenvalue weighted by atomic mass is 35.5. The number of likely N-dealkylation sites (tertiary alicyclic amines) is 1. The molecule has 3 nitrogen and oxygen atoms in total. The van der Waals surface area contributed by atoms with Crippen molar-refractivity contribution in [3.63, 3.8) is 0 Å². The van der Waals surface area contributed by atoms with Gasteiger partial charge in [-0.2, -0.15) is 0 Å². The third-order valence-electron chi connectivity index (χ3n) is 3.79. The number of hydrogen-bond acceptors (Lipinski definition) is 3. The second kappa shape index (κ2) is 7.65. The number of piperidine rings is 1. The maximum absolute atomic E-state index is 11.5. The van der Waals surface area contributed by atoms with Gasteiger partial charge in [-0.15, -0.1) is 0 Å². The molecule has 0 atom stereocenters. The molecule has 0 aromatic heterocycles. The fourth-order valence-corrected chi connectivity index (χ4v) is 2.78. The van der Waals surface area contributed by atoms with Crippen LogP contribution in [0.4, 0.5) is 0 Å². The summed E-state index contributed by atoms with van der Waals surface area (Å²) in [6, 6.07) is 8.02. The molecule has 0 saturated carbocycles. The molecule has 110 valence electrons. The molecule has 0 spiro atoms. The standard InChI is InChI=1S/C16H22ClNO2/c1-2-20-16(19)11-13-7-9-18(10-8-13)12-14-3-5-15(17)6-4-14/h3-6,13H,2,7-12H2,1H3. The Morgan fingerprint density at radius 3 is 2.55 bits per heavy atom. The molecule has 1 aliphatic rings. The largest absolute Gasteiger partial charge is 0.466 e. The van der Waals surface area contributed by atoms with Crippen molar-refractivity contribution in [3.05, 3.63) is 34.9 Å². The molecule has 0 radical (unpaired) electrons. The average Bonchev–Trinajstić information content (AvgIpc) is 2.44. The zero-order valence-electron chi connectivity index (χ0n) is 12.0. The quantitative estimate of drug-likeness (QED) is 0.779. The minimum absolute atomic E-state index is 0.0522. The summed E-state index contributed by atoms with van der Waals surface area (Å²) in [5.41, 5.74) is 1.29. The molecule has 4 heteroatoms. The lowest BCUT2D eigenvalue weighted by Gasteiger charge is -2.31. The molecule has 20 heavy (non-hydrogen) atoms. The molecule has 1 aromatic rings. The van der Waals surface area contributed by atoms with Crippen molar-refractivity contribution in [2.75, 3.05) is 19.7 Å². The molecule has 1 aliphatic heterocycles. The lowest BCUT2D eigenvalue weighted by atomic mass is 9.93. The van der Waals surface area contributed by atoms with Crippen LogP contribution in [-0.2, 0) is 16.1 Å². The number of ether oxygens (including phenoxy) is 1. The maximum atomic E-state index is 11.5. The molecule has 1 saturated heterocycles. The van der Waals surface area contributed by atoms with Crippen LogP contribution in [-0.4, -0.2) is 30.6 Å². The van der Waals surface area contributed by atoms with E-state index in [-0.39, 0.29) is 5.97 Å². The number of benzene rings is 1. The van der Waals surface area contributed by atoms with Crippen molar-refractivity contribution in [3.8, 4) is 0 Å². The summed E-state index contributed by atoms with van der Waals surface area (Å²) < 4.78 is 5.01. The topological polar surface area (TPSA) is 29.5 Å². The lowest BCUT2D eigenvalue weighted by Crippen LogP contribution is -2.34. The number of carbonyl (C=O) groups is 1. The fraction of sp³-hybridized carbons (Fsp3) is 0.562. The Bertz CT molecular complexity index is 425. The molecule has 0 bridgehead atoms. The van der Waals surface area contributed by atoms with E-state index >= 15 is 0 Å². The van der Waals surface area contributed by atoms with Crippen LogP contribution in [0.3, 0.4) is 0 Å². The number of carbonyl (C=O) groups excluding carboxylic acids is 1. The van der Waals surface area contributed by atoms with Crippen LogP contribution in [0.2, 0.25) is 5.02 Å². The van der Waals surface area contributed by atoms with Gasteiger partial charge >= 0.3 is 5.97 Å². The van der Waals surface area contributed by atoms with Gasteiger partial charge in [-0.3, -0.25) is 9.69 Å². The van der Waals surface area contributed by atoms with Crippen molar-refractivity contribution in [2.45, 2.75) is 32.7 Å². The zero-order valence-corrected chi connectivity index (χ0v) is 12.7. The second-order valence-corrected chi connectivity index (χ2v) is 5.79. The summed E-state index contributed by atoms with van der Waals surface area (Å²) in [6.45, 7) is 5.39. The molecule has 2 rings (SSSR count). The minimum atomic E-state index is -0.0522. The highest BCUT2D eigenvalue weighted by Gasteiger charge is 2.21. The summed E-state index contributed by atoms with van der Waals surface area (Å²) in [5.74, 6) is 0.430. The Morgan fingerprint density at radius 1 is 1.30 bits per heavy atom. The highest BCUT2D eigenvalue weighted by Crippen LogP contribution is 2.22. The van der Waals surface area contributed by atoms with Gasteiger partial charge in [0.2, 0.25) is 0 Å². The molecule has 0 unspecified atom stereocenters. The van der Waals surface area contributed by atoms with Crippen molar-refractivity contribution < 1.29 is 9.53 Å². The van der Waals surface area contributed by atoms with Gasteiger partial charge in [0, 0.05) is 18.0 Å². The SMILES string of the molecule is CCOC(=O)CC1CCN(Cc2ccc(Cl)cc2)CC1. The van der Waals surface area contributed by atoms with E-state index in [1.807, 2.05) is 19.1 Å². The first kappa shape index (κ1) is 15.3. The van der Waals surface area contributed by atoms with Gasteiger partial charge in [0.1, 0.15) is 0 Å². The van der Waals surface area contributed by atoms with Gasteiger partial charge in [0.25, 0.3) is 0 Å². The van der Waals surface area contributed by atoms with Gasteiger partial charge in [0.15, 0.2) is 0 Å². The molecule has 1 heterocycles. The van der Waals surface area contributed by atoms with E-state index in [1.165, 1.54) is 5.56 Å². The van der Waals surface area contributed by atoms with Gasteiger partial charge in [-0.05, 0) is 56.5 Å². The first-order chi connectivity index (χ1) is 9.67. The summed E-state index contributed by atoms with van der Waals surface area (Å²) in [5, 5.41) is 0.780. The Labute approximate surface area is 125 Å². The fourth-order valence-electron chi connectivity index (χ4n) is 2.65. The summed E-state index contributed by atoms with van der Waals surface area (Å²) >= 11 is 5.89. The maximum Gasteiger partial charge on any atom is 0.306 e. The van der Waals surface area contributed by atoms with Crippen LogP contribution < -0.4 is 0 Å². The molecule has 0 N–H and O–H groups in total. The smallest absolute Gasteiger partial charge is 0.306 e. The van der Waals surface area contributed by atoms with Crippen LogP contribution in [0, 0.1) is 5.92 Å². The Morgan fingerprint density at radius 2 is 1.95 bits per heavy atom. The monoisotopic (exact) mass is 295 g/mol. The number of esters is 1. The number of nitrogens with zero attached hydrogens (tertiary/aromatic N) is 1. The first-order valence-corrected chi connectivity index (χ1v) is 7.67. The Hall–Kier alpha value is -1.06. The van der Waals surface area contributed by atoms with E-state index in [1.54, 1.807) is 0 Å². The zero-order chi connectivity index (χ0) is 14.4. The molecular formula is C16H22ClNO2. The molecule has 0 aliphatic carbocycles. The van der Waals surface area contributed by atoms with Crippen LogP contribution in [0.1, 0.15) is 31.7 Å². The summed E-state index contributed by atoms with van der Waals surface area (Å²) in [6.07, 6.45) is 2.72. The van der Waals surface area contributed by atoms with Crippen LogP contribution in [0.5, 0.6) is 0 Å². The van der Waals surface area contributed by atoms with E-state index in [0.717, 1.165) is 37.5 Å². The third kappa shape index (κ3) is 4.80. The van der Waals surface area contributed by atoms with Gasteiger partial charge in [-0.25, -0.2) is 0 Å². The highest BCUT2D eigenvalue weighted by molar-refractivity contribution is 6.30. The Balaban J connectivity index is 1.74. The normalized spacial score (nSPS) is 17.1. The van der Waals surface area contributed by atoms with Gasteiger partial charge in [-0.1, -0.05) is 23.7 Å². The van der Waals surface area contributed by atoms with Crippen LogP contribution in [0.25, 0.3) is 0 Å². The minimum Gasteiger partial charge on any atom is -0.466 e. The predicted molar refractivity (Wildman–Crippen MR) is 80.7 cm³/mol. The van der Waals surface area contributed by atoms with Crippen molar-refractivity contribution >= 4 is 17.6 Å². The summed E-state index contributed by atoms with van der Waals surface area (Å²) in [4.78, 5) is 13.9. The van der Waals surface area contributed by atoms with E-state index < -0.39 is 0 Å². The van der Waals surface area contributed by atoms with Crippen molar-refractivity contribution in [1.29, 1.82) is 0 Å². The van der Waals surface area contributed by atoms with E-state index in [0.29, 0.717) is 18.9 Å². The van der Waals surface area contributed by atoms with Crippen molar-refractivity contribution in [2.24, 2.45) is 5.92 Å².